The maximum Gasteiger partial charge on any atom is 0.246 e. The first-order chi connectivity index (χ1) is 12.4. The molecule has 1 saturated heterocycles. The van der Waals surface area contributed by atoms with E-state index in [1.807, 2.05) is 18.2 Å². The van der Waals surface area contributed by atoms with Gasteiger partial charge in [0.25, 0.3) is 0 Å². The van der Waals surface area contributed by atoms with E-state index in [4.69, 9.17) is 15.2 Å². The summed E-state index contributed by atoms with van der Waals surface area (Å²) in [6, 6.07) is 5.59. The second-order valence-electron chi connectivity index (χ2n) is 6.95. The number of nitrogens with two attached hydrogens (primary N) is 1. The molecule has 26 heavy (non-hydrogen) atoms. The van der Waals surface area contributed by atoms with Crippen LogP contribution in [-0.2, 0) is 9.59 Å². The number of primary amides is 1. The molecule has 0 spiro atoms. The summed E-state index contributed by atoms with van der Waals surface area (Å²) in [6.07, 6.45) is 4.57. The van der Waals surface area contributed by atoms with Crippen molar-refractivity contribution < 1.29 is 19.1 Å². The molecule has 6 heteroatoms. The number of hydrogen-bond acceptors (Lipinski definition) is 4. The number of likely N-dealkylation sites (tertiary alicyclic amines) is 1. The van der Waals surface area contributed by atoms with Crippen LogP contribution in [0.2, 0.25) is 0 Å². The Hall–Kier alpha value is -2.50. The number of nitrogens with zero attached hydrogens (tertiary/aromatic N) is 1. The van der Waals surface area contributed by atoms with Crippen molar-refractivity contribution in [3.63, 3.8) is 0 Å². The van der Waals surface area contributed by atoms with Gasteiger partial charge in [0.05, 0.1) is 13.7 Å². The molecule has 0 saturated carbocycles. The van der Waals surface area contributed by atoms with E-state index in [0.717, 1.165) is 5.56 Å². The second-order valence-corrected chi connectivity index (χ2v) is 6.95. The van der Waals surface area contributed by atoms with Crippen molar-refractivity contribution in [2.75, 3.05) is 26.8 Å². The summed E-state index contributed by atoms with van der Waals surface area (Å²) in [6.45, 7) is 5.90. The van der Waals surface area contributed by atoms with Gasteiger partial charge in [-0.1, -0.05) is 19.9 Å². The van der Waals surface area contributed by atoms with Crippen molar-refractivity contribution in [2.45, 2.75) is 26.7 Å². The standard InChI is InChI=1S/C20H28N2O4/c1-14(2)13-26-17-6-4-15(12-18(17)25-3)5-7-19(23)22-10-8-16(9-11-22)20(21)24/h4-7,12,14,16H,8-11,13H2,1-3H3,(H2,21,24)/b7-5+. The Balaban J connectivity index is 1.97. The molecule has 6 nitrogen and oxygen atoms in total. The highest BCUT2D eigenvalue weighted by Gasteiger charge is 2.24. The predicted octanol–water partition coefficient (Wildman–Crippen LogP) is 2.47. The Labute approximate surface area is 154 Å². The number of methoxy groups -OCH3 is 1. The maximum atomic E-state index is 12.3. The van der Waals surface area contributed by atoms with Gasteiger partial charge in [0.1, 0.15) is 0 Å². The average molecular weight is 360 g/mol. The summed E-state index contributed by atoms with van der Waals surface area (Å²) in [5.74, 6) is 1.30. The molecule has 2 rings (SSSR count). The fraction of sp³-hybridized carbons (Fsp3) is 0.500. The molecule has 2 N–H and O–H groups in total. The van der Waals surface area contributed by atoms with E-state index in [1.165, 1.54) is 0 Å². The number of carbonyl (C=O) groups is 2. The fourth-order valence-corrected chi connectivity index (χ4v) is 2.82. The van der Waals surface area contributed by atoms with Crippen molar-refractivity contribution in [2.24, 2.45) is 17.6 Å². The number of amides is 2. The van der Waals surface area contributed by atoms with Crippen molar-refractivity contribution in [3.8, 4) is 11.5 Å². The maximum absolute atomic E-state index is 12.3. The summed E-state index contributed by atoms with van der Waals surface area (Å²) in [4.78, 5) is 25.3. The molecule has 2 amide bonds. The molecule has 1 heterocycles. The smallest absolute Gasteiger partial charge is 0.246 e. The molecule has 1 fully saturated rings. The summed E-state index contributed by atoms with van der Waals surface area (Å²) in [5.41, 5.74) is 6.18. The Kier molecular flexibility index (Phi) is 7.06. The molecular weight excluding hydrogens is 332 g/mol. The molecule has 0 unspecified atom stereocenters. The van der Waals surface area contributed by atoms with Crippen LogP contribution >= 0.6 is 0 Å². The molecule has 0 radical (unpaired) electrons. The number of piperidine rings is 1. The Morgan fingerprint density at radius 1 is 1.27 bits per heavy atom. The lowest BCUT2D eigenvalue weighted by atomic mass is 9.96. The lowest BCUT2D eigenvalue weighted by molar-refractivity contribution is -0.130. The van der Waals surface area contributed by atoms with E-state index >= 15 is 0 Å². The molecule has 1 aliphatic heterocycles. The van der Waals surface area contributed by atoms with Gasteiger partial charge in [-0.25, -0.2) is 0 Å². The molecule has 1 aliphatic rings. The van der Waals surface area contributed by atoms with Crippen LogP contribution in [0.4, 0.5) is 0 Å². The number of hydrogen-bond donors (Lipinski definition) is 1. The van der Waals surface area contributed by atoms with Crippen molar-refractivity contribution in [1.29, 1.82) is 0 Å². The van der Waals surface area contributed by atoms with Crippen LogP contribution < -0.4 is 15.2 Å². The van der Waals surface area contributed by atoms with E-state index in [2.05, 4.69) is 13.8 Å². The third-order valence-corrected chi connectivity index (χ3v) is 4.39. The van der Waals surface area contributed by atoms with Gasteiger partial charge in [-0.2, -0.15) is 0 Å². The van der Waals surface area contributed by atoms with Gasteiger partial charge in [-0.05, 0) is 42.5 Å². The molecule has 1 aromatic rings. The van der Waals surface area contributed by atoms with Gasteiger partial charge < -0.3 is 20.1 Å². The minimum Gasteiger partial charge on any atom is -0.493 e. The second kappa shape index (κ2) is 9.27. The van der Waals surface area contributed by atoms with E-state index in [9.17, 15) is 9.59 Å². The summed E-state index contributed by atoms with van der Waals surface area (Å²) < 4.78 is 11.1. The highest BCUT2D eigenvalue weighted by atomic mass is 16.5. The number of carbonyl (C=O) groups excluding carboxylic acids is 2. The molecule has 0 bridgehead atoms. The van der Waals surface area contributed by atoms with Gasteiger partial charge in [0.2, 0.25) is 11.8 Å². The number of rotatable bonds is 7. The van der Waals surface area contributed by atoms with Crippen LogP contribution in [0.1, 0.15) is 32.3 Å². The predicted molar refractivity (Wildman–Crippen MR) is 101 cm³/mol. The van der Waals surface area contributed by atoms with Crippen molar-refractivity contribution in [3.05, 3.63) is 29.8 Å². The van der Waals surface area contributed by atoms with E-state index in [1.54, 1.807) is 24.2 Å². The quantitative estimate of drug-likeness (QED) is 0.757. The third-order valence-electron chi connectivity index (χ3n) is 4.39. The van der Waals surface area contributed by atoms with Crippen molar-refractivity contribution >= 4 is 17.9 Å². The van der Waals surface area contributed by atoms with E-state index in [-0.39, 0.29) is 17.7 Å². The summed E-state index contributed by atoms with van der Waals surface area (Å²) in [5, 5.41) is 0. The molecule has 0 aliphatic carbocycles. The third kappa shape index (κ3) is 5.51. The summed E-state index contributed by atoms with van der Waals surface area (Å²) >= 11 is 0. The SMILES string of the molecule is COc1cc(/C=C/C(=O)N2CCC(C(N)=O)CC2)ccc1OCC(C)C. The minimum absolute atomic E-state index is 0.0629. The highest BCUT2D eigenvalue weighted by Crippen LogP contribution is 2.29. The number of benzene rings is 1. The molecule has 0 atom stereocenters. The first-order valence-electron chi connectivity index (χ1n) is 8.97. The van der Waals surface area contributed by atoms with Crippen LogP contribution in [0.3, 0.4) is 0 Å². The van der Waals surface area contributed by atoms with Crippen LogP contribution in [0, 0.1) is 11.8 Å². The monoisotopic (exact) mass is 360 g/mol. The van der Waals surface area contributed by atoms with Gasteiger partial charge >= 0.3 is 0 Å². The average Bonchev–Trinajstić information content (AvgIpc) is 2.64. The normalized spacial score (nSPS) is 15.5. The Morgan fingerprint density at radius 2 is 1.96 bits per heavy atom. The Bertz CT molecular complexity index is 662. The lowest BCUT2D eigenvalue weighted by Gasteiger charge is -2.29. The van der Waals surface area contributed by atoms with Crippen molar-refractivity contribution in [1.82, 2.24) is 4.90 Å². The van der Waals surface area contributed by atoms with Gasteiger partial charge in [0, 0.05) is 25.1 Å². The van der Waals surface area contributed by atoms with Crippen LogP contribution in [0.15, 0.2) is 24.3 Å². The number of ether oxygens (including phenoxy) is 2. The lowest BCUT2D eigenvalue weighted by Crippen LogP contribution is -2.41. The van der Waals surface area contributed by atoms with E-state index in [0.29, 0.717) is 50.0 Å². The van der Waals surface area contributed by atoms with Gasteiger partial charge in [0.15, 0.2) is 11.5 Å². The fourth-order valence-electron chi connectivity index (χ4n) is 2.82. The van der Waals surface area contributed by atoms with Gasteiger partial charge in [-0.3, -0.25) is 9.59 Å². The first kappa shape index (κ1) is 19.8. The van der Waals surface area contributed by atoms with Crippen LogP contribution in [0.5, 0.6) is 11.5 Å². The Morgan fingerprint density at radius 3 is 2.54 bits per heavy atom. The van der Waals surface area contributed by atoms with Crippen LogP contribution in [-0.4, -0.2) is 43.5 Å². The molecular formula is C20H28N2O4. The minimum atomic E-state index is -0.278. The first-order valence-corrected chi connectivity index (χ1v) is 8.97. The summed E-state index contributed by atoms with van der Waals surface area (Å²) in [7, 11) is 1.60. The zero-order valence-corrected chi connectivity index (χ0v) is 15.7. The molecule has 1 aromatic carbocycles. The largest absolute Gasteiger partial charge is 0.493 e. The molecule has 142 valence electrons. The topological polar surface area (TPSA) is 81.9 Å². The molecule has 0 aromatic heterocycles. The zero-order chi connectivity index (χ0) is 19.1. The van der Waals surface area contributed by atoms with Gasteiger partial charge in [-0.15, -0.1) is 0 Å². The zero-order valence-electron chi connectivity index (χ0n) is 15.7. The van der Waals surface area contributed by atoms with Crippen LogP contribution in [0.25, 0.3) is 6.08 Å². The highest BCUT2D eigenvalue weighted by molar-refractivity contribution is 5.92. The van der Waals surface area contributed by atoms with E-state index < -0.39 is 0 Å².